The molecule has 33 heavy (non-hydrogen) atoms. The number of amides is 2. The molecule has 2 N–H and O–H groups in total. The number of hydrogen-bond donors (Lipinski definition) is 2. The lowest BCUT2D eigenvalue weighted by Gasteiger charge is -2.25. The van der Waals surface area contributed by atoms with Gasteiger partial charge in [-0.25, -0.2) is 13.4 Å². The molecular weight excluding hydrogens is 444 g/mol. The van der Waals surface area contributed by atoms with Crippen molar-refractivity contribution >= 4 is 32.9 Å². The molecule has 2 amide bonds. The number of carbonyl (C=O) groups excluding carboxylic acids is 2. The van der Waals surface area contributed by atoms with Crippen molar-refractivity contribution in [2.45, 2.75) is 37.0 Å². The van der Waals surface area contributed by atoms with Gasteiger partial charge in [0.25, 0.3) is 5.91 Å². The number of pyridine rings is 1. The van der Waals surface area contributed by atoms with Crippen LogP contribution in [0, 0.1) is 0 Å². The second-order valence-corrected chi connectivity index (χ2v) is 9.88. The number of hydrazine groups is 1. The minimum absolute atomic E-state index is 0.101. The number of carbonyl (C=O) groups is 2. The molecule has 174 valence electrons. The fourth-order valence-electron chi connectivity index (χ4n) is 3.85. The first kappa shape index (κ1) is 22.9. The molecular formula is C22H26N6O4S. The molecule has 2 aromatic heterocycles. The molecule has 0 bridgehead atoms. The fraction of sp³-hybridized carbons (Fsp3) is 0.364. The molecule has 1 aliphatic heterocycles. The molecule has 0 aliphatic carbocycles. The summed E-state index contributed by atoms with van der Waals surface area (Å²) in [6.07, 6.45) is 6.19. The Morgan fingerprint density at radius 2 is 1.88 bits per heavy atom. The van der Waals surface area contributed by atoms with Crippen molar-refractivity contribution in [3.63, 3.8) is 0 Å². The van der Waals surface area contributed by atoms with Crippen molar-refractivity contribution in [1.29, 1.82) is 0 Å². The van der Waals surface area contributed by atoms with Gasteiger partial charge in [0.15, 0.2) is 0 Å². The Labute approximate surface area is 192 Å². The SMILES string of the molecule is Cn1c(CCC(=O)NNC(=O)c2cccnc2)nc2cc(S(=O)(=O)N3CCCCC3)ccc21. The molecule has 1 saturated heterocycles. The lowest BCUT2D eigenvalue weighted by molar-refractivity contribution is -0.121. The van der Waals surface area contributed by atoms with Gasteiger partial charge in [0.2, 0.25) is 15.9 Å². The summed E-state index contributed by atoms with van der Waals surface area (Å²) in [5.74, 6) is -0.180. The molecule has 11 heteroatoms. The van der Waals surface area contributed by atoms with Crippen LogP contribution >= 0.6 is 0 Å². The van der Waals surface area contributed by atoms with Crippen molar-refractivity contribution in [2.24, 2.45) is 7.05 Å². The van der Waals surface area contributed by atoms with Gasteiger partial charge in [0.05, 0.1) is 21.5 Å². The molecule has 3 aromatic rings. The van der Waals surface area contributed by atoms with Crippen molar-refractivity contribution < 1.29 is 18.0 Å². The minimum Gasteiger partial charge on any atom is -0.331 e. The first-order chi connectivity index (χ1) is 15.9. The predicted octanol–water partition coefficient (Wildman–Crippen LogP) is 1.54. The summed E-state index contributed by atoms with van der Waals surface area (Å²) in [6.45, 7) is 1.08. The maximum absolute atomic E-state index is 13.0. The van der Waals surface area contributed by atoms with E-state index in [9.17, 15) is 18.0 Å². The molecule has 0 saturated carbocycles. The van der Waals surface area contributed by atoms with E-state index in [2.05, 4.69) is 20.8 Å². The topological polar surface area (TPSA) is 126 Å². The highest BCUT2D eigenvalue weighted by Crippen LogP contribution is 2.24. The smallest absolute Gasteiger partial charge is 0.271 e. The van der Waals surface area contributed by atoms with Gasteiger partial charge in [-0.2, -0.15) is 4.31 Å². The van der Waals surface area contributed by atoms with Gasteiger partial charge in [-0.1, -0.05) is 6.42 Å². The average molecular weight is 471 g/mol. The maximum Gasteiger partial charge on any atom is 0.271 e. The number of rotatable bonds is 6. The zero-order valence-corrected chi connectivity index (χ0v) is 19.1. The van der Waals surface area contributed by atoms with Gasteiger partial charge in [-0.15, -0.1) is 0 Å². The van der Waals surface area contributed by atoms with Crippen LogP contribution in [0.3, 0.4) is 0 Å². The summed E-state index contributed by atoms with van der Waals surface area (Å²) in [5, 5.41) is 0. The number of imidazole rings is 1. The fourth-order valence-corrected chi connectivity index (χ4v) is 5.39. The van der Waals surface area contributed by atoms with Crippen molar-refractivity contribution in [3.8, 4) is 0 Å². The third kappa shape index (κ3) is 5.04. The van der Waals surface area contributed by atoms with Crippen LogP contribution in [0.2, 0.25) is 0 Å². The van der Waals surface area contributed by atoms with Crippen LogP contribution < -0.4 is 10.9 Å². The number of aromatic nitrogens is 3. The number of nitrogens with one attached hydrogen (secondary N) is 2. The zero-order chi connectivity index (χ0) is 23.4. The Kier molecular flexibility index (Phi) is 6.70. The Morgan fingerprint density at radius 1 is 1.09 bits per heavy atom. The van der Waals surface area contributed by atoms with Gasteiger partial charge < -0.3 is 4.57 Å². The second kappa shape index (κ2) is 9.67. The Morgan fingerprint density at radius 3 is 2.61 bits per heavy atom. The van der Waals surface area contributed by atoms with E-state index in [1.54, 1.807) is 36.5 Å². The van der Waals surface area contributed by atoms with Crippen molar-refractivity contribution in [3.05, 3.63) is 54.1 Å². The van der Waals surface area contributed by atoms with Crippen LogP contribution in [0.5, 0.6) is 0 Å². The predicted molar refractivity (Wildman–Crippen MR) is 121 cm³/mol. The molecule has 1 fully saturated rings. The molecule has 10 nitrogen and oxygen atoms in total. The molecule has 0 spiro atoms. The normalized spacial score (nSPS) is 14.8. The number of hydrogen-bond acceptors (Lipinski definition) is 6. The van der Waals surface area contributed by atoms with E-state index < -0.39 is 15.9 Å². The summed E-state index contributed by atoms with van der Waals surface area (Å²) in [4.78, 5) is 32.8. The monoisotopic (exact) mass is 470 g/mol. The van der Waals surface area contributed by atoms with E-state index in [4.69, 9.17) is 0 Å². The van der Waals surface area contributed by atoms with Crippen molar-refractivity contribution in [1.82, 2.24) is 29.7 Å². The lowest BCUT2D eigenvalue weighted by Crippen LogP contribution is -2.41. The summed E-state index contributed by atoms with van der Waals surface area (Å²) in [7, 11) is -1.72. The van der Waals surface area contributed by atoms with E-state index in [-0.39, 0.29) is 17.2 Å². The van der Waals surface area contributed by atoms with E-state index in [0.717, 1.165) is 24.8 Å². The van der Waals surface area contributed by atoms with Gasteiger partial charge in [-0.3, -0.25) is 25.4 Å². The molecule has 1 aromatic carbocycles. The summed E-state index contributed by atoms with van der Waals surface area (Å²) >= 11 is 0. The Hall–Kier alpha value is -3.31. The Bertz CT molecular complexity index is 1270. The number of piperidine rings is 1. The molecule has 1 aliphatic rings. The first-order valence-corrected chi connectivity index (χ1v) is 12.2. The molecule has 0 unspecified atom stereocenters. The third-order valence-corrected chi connectivity index (χ3v) is 7.61. The van der Waals surface area contributed by atoms with E-state index in [0.29, 0.717) is 36.4 Å². The summed E-state index contributed by atoms with van der Waals surface area (Å²) in [5.41, 5.74) is 6.42. The van der Waals surface area contributed by atoms with Crippen LogP contribution in [0.4, 0.5) is 0 Å². The van der Waals surface area contributed by atoms with E-state index in [1.165, 1.54) is 10.5 Å². The van der Waals surface area contributed by atoms with Crippen LogP contribution in [0.15, 0.2) is 47.6 Å². The third-order valence-electron chi connectivity index (χ3n) is 5.71. The van der Waals surface area contributed by atoms with Crippen LogP contribution in [-0.4, -0.2) is 52.2 Å². The largest absolute Gasteiger partial charge is 0.331 e. The molecule has 0 radical (unpaired) electrons. The summed E-state index contributed by atoms with van der Waals surface area (Å²) in [6, 6.07) is 8.17. The standard InChI is InChI=1S/C22H26N6O4S/c1-27-19-8-7-17(33(31,32)28-12-3-2-4-13-28)14-18(19)24-20(27)9-10-21(29)25-26-22(30)16-6-5-11-23-15-16/h5-8,11,14-15H,2-4,9-10,12-13H2,1H3,(H,25,29)(H,26,30). The molecule has 3 heterocycles. The van der Waals surface area contributed by atoms with Gasteiger partial charge >= 0.3 is 0 Å². The lowest BCUT2D eigenvalue weighted by atomic mass is 10.2. The number of nitrogens with zero attached hydrogens (tertiary/aromatic N) is 4. The van der Waals surface area contributed by atoms with Gasteiger partial charge in [-0.05, 0) is 43.2 Å². The number of benzene rings is 1. The number of fused-ring (bicyclic) bond motifs is 1. The highest BCUT2D eigenvalue weighted by Gasteiger charge is 2.26. The van der Waals surface area contributed by atoms with Gasteiger partial charge in [0, 0.05) is 45.4 Å². The molecule has 0 atom stereocenters. The summed E-state index contributed by atoms with van der Waals surface area (Å²) < 4.78 is 29.3. The first-order valence-electron chi connectivity index (χ1n) is 10.8. The number of sulfonamides is 1. The van der Waals surface area contributed by atoms with Crippen LogP contribution in [-0.2, 0) is 28.3 Å². The zero-order valence-electron chi connectivity index (χ0n) is 18.3. The van der Waals surface area contributed by atoms with Crippen LogP contribution in [0.25, 0.3) is 11.0 Å². The second-order valence-electron chi connectivity index (χ2n) is 7.95. The number of aryl methyl sites for hydroxylation is 2. The maximum atomic E-state index is 13.0. The van der Waals surface area contributed by atoms with Crippen molar-refractivity contribution in [2.75, 3.05) is 13.1 Å². The minimum atomic E-state index is -3.55. The van der Waals surface area contributed by atoms with Crippen LogP contribution in [0.1, 0.15) is 41.9 Å². The van der Waals surface area contributed by atoms with E-state index >= 15 is 0 Å². The average Bonchev–Trinajstić information content (AvgIpc) is 3.17. The Balaban J connectivity index is 1.40. The van der Waals surface area contributed by atoms with Gasteiger partial charge in [0.1, 0.15) is 5.82 Å². The quantitative estimate of drug-likeness (QED) is 0.526. The highest BCUT2D eigenvalue weighted by molar-refractivity contribution is 7.89. The highest BCUT2D eigenvalue weighted by atomic mass is 32.2. The van der Waals surface area contributed by atoms with E-state index in [1.807, 2.05) is 11.6 Å². The molecule has 4 rings (SSSR count).